The highest BCUT2D eigenvalue weighted by atomic mass is 16.3. The van der Waals surface area contributed by atoms with E-state index >= 15 is 0 Å². The highest BCUT2D eigenvalue weighted by Crippen LogP contribution is 2.35. The summed E-state index contributed by atoms with van der Waals surface area (Å²) >= 11 is 0. The third-order valence-electron chi connectivity index (χ3n) is 5.00. The molecule has 1 saturated carbocycles. The van der Waals surface area contributed by atoms with Gasteiger partial charge in [-0.15, -0.1) is 0 Å². The predicted molar refractivity (Wildman–Crippen MR) is 86.2 cm³/mol. The summed E-state index contributed by atoms with van der Waals surface area (Å²) in [6.45, 7) is 3.44. The molecule has 1 amide bonds. The van der Waals surface area contributed by atoms with Gasteiger partial charge in [0.25, 0.3) is 0 Å². The maximum Gasteiger partial charge on any atom is 0.227 e. The molecule has 0 radical (unpaired) electrons. The number of carbonyl (C=O) groups is 1. The fourth-order valence-corrected chi connectivity index (χ4v) is 3.40. The Kier molecular flexibility index (Phi) is 4.79. The minimum Gasteiger partial charge on any atom is -0.396 e. The van der Waals surface area contributed by atoms with E-state index in [2.05, 4.69) is 34.5 Å². The SMILES string of the molecule is O=C(NCC1CC1)C1(CCO)CCN(Cc2ccccc2)C1. The fraction of sp³-hybridized carbons (Fsp3) is 0.611. The standard InChI is InChI=1S/C18H26N2O2/c21-11-9-18(17(22)19-12-15-6-7-15)8-10-20(14-18)13-16-4-2-1-3-5-16/h1-5,15,21H,6-14H2,(H,19,22). The van der Waals surface area contributed by atoms with Gasteiger partial charge in [-0.25, -0.2) is 0 Å². The molecule has 1 unspecified atom stereocenters. The number of hydrogen-bond donors (Lipinski definition) is 2. The topological polar surface area (TPSA) is 52.6 Å². The first-order chi connectivity index (χ1) is 10.7. The molecule has 2 fully saturated rings. The summed E-state index contributed by atoms with van der Waals surface area (Å²) in [4.78, 5) is 15.0. The predicted octanol–water partition coefficient (Wildman–Crippen LogP) is 1.79. The Morgan fingerprint density at radius 2 is 2.09 bits per heavy atom. The summed E-state index contributed by atoms with van der Waals surface area (Å²) in [5, 5.41) is 12.5. The molecule has 1 aliphatic carbocycles. The van der Waals surface area contributed by atoms with Crippen molar-refractivity contribution in [3.63, 3.8) is 0 Å². The van der Waals surface area contributed by atoms with Crippen molar-refractivity contribution < 1.29 is 9.90 Å². The van der Waals surface area contributed by atoms with Gasteiger partial charge in [-0.3, -0.25) is 9.69 Å². The average Bonchev–Trinajstić information content (AvgIpc) is 3.28. The third kappa shape index (κ3) is 3.68. The maximum absolute atomic E-state index is 12.6. The number of nitrogens with one attached hydrogen (secondary N) is 1. The van der Waals surface area contributed by atoms with E-state index < -0.39 is 5.41 Å². The van der Waals surface area contributed by atoms with Crippen LogP contribution in [0.3, 0.4) is 0 Å². The van der Waals surface area contributed by atoms with E-state index in [-0.39, 0.29) is 12.5 Å². The molecule has 0 bridgehead atoms. The zero-order valence-corrected chi connectivity index (χ0v) is 13.1. The zero-order valence-electron chi connectivity index (χ0n) is 13.1. The van der Waals surface area contributed by atoms with Crippen LogP contribution in [0, 0.1) is 11.3 Å². The number of hydrogen-bond acceptors (Lipinski definition) is 3. The highest BCUT2D eigenvalue weighted by molar-refractivity contribution is 5.83. The van der Waals surface area contributed by atoms with Crippen LogP contribution < -0.4 is 5.32 Å². The molecule has 1 atom stereocenters. The lowest BCUT2D eigenvalue weighted by molar-refractivity contribution is -0.131. The Balaban J connectivity index is 1.60. The van der Waals surface area contributed by atoms with Crippen molar-refractivity contribution in [3.8, 4) is 0 Å². The van der Waals surface area contributed by atoms with Gasteiger partial charge in [0.15, 0.2) is 0 Å². The summed E-state index contributed by atoms with van der Waals surface area (Å²) in [7, 11) is 0. The molecule has 1 aromatic carbocycles. The second-order valence-corrected chi connectivity index (χ2v) is 6.85. The minimum absolute atomic E-state index is 0.0794. The average molecular weight is 302 g/mol. The first-order valence-electron chi connectivity index (χ1n) is 8.37. The van der Waals surface area contributed by atoms with Crippen molar-refractivity contribution in [1.82, 2.24) is 10.2 Å². The molecule has 22 heavy (non-hydrogen) atoms. The maximum atomic E-state index is 12.6. The lowest BCUT2D eigenvalue weighted by Crippen LogP contribution is -2.44. The molecular weight excluding hydrogens is 276 g/mol. The van der Waals surface area contributed by atoms with Gasteiger partial charge < -0.3 is 10.4 Å². The van der Waals surface area contributed by atoms with E-state index in [0.29, 0.717) is 12.3 Å². The van der Waals surface area contributed by atoms with Crippen LogP contribution in [0.15, 0.2) is 30.3 Å². The highest BCUT2D eigenvalue weighted by Gasteiger charge is 2.44. The Hall–Kier alpha value is -1.39. The second-order valence-electron chi connectivity index (χ2n) is 6.85. The van der Waals surface area contributed by atoms with Crippen LogP contribution in [-0.2, 0) is 11.3 Å². The van der Waals surface area contributed by atoms with Crippen molar-refractivity contribution in [2.75, 3.05) is 26.2 Å². The minimum atomic E-state index is -0.404. The fourth-order valence-electron chi connectivity index (χ4n) is 3.40. The molecule has 0 spiro atoms. The van der Waals surface area contributed by atoms with Gasteiger partial charge in [0.1, 0.15) is 0 Å². The smallest absolute Gasteiger partial charge is 0.227 e. The summed E-state index contributed by atoms with van der Waals surface area (Å²) in [6, 6.07) is 10.4. The summed E-state index contributed by atoms with van der Waals surface area (Å²) in [6.07, 6.45) is 3.90. The van der Waals surface area contributed by atoms with Gasteiger partial charge in [0.05, 0.1) is 5.41 Å². The van der Waals surface area contributed by atoms with Gasteiger partial charge in [-0.2, -0.15) is 0 Å². The number of amides is 1. The Bertz CT molecular complexity index is 501. The molecule has 1 heterocycles. The van der Waals surface area contributed by atoms with Crippen LogP contribution in [0.4, 0.5) is 0 Å². The molecule has 4 nitrogen and oxygen atoms in total. The van der Waals surface area contributed by atoms with Crippen molar-refractivity contribution >= 4 is 5.91 Å². The normalized spacial score (nSPS) is 25.3. The van der Waals surface area contributed by atoms with Crippen molar-refractivity contribution in [1.29, 1.82) is 0 Å². The molecular formula is C18H26N2O2. The van der Waals surface area contributed by atoms with E-state index in [1.165, 1.54) is 18.4 Å². The summed E-state index contributed by atoms with van der Waals surface area (Å²) in [5.41, 5.74) is 0.874. The van der Waals surface area contributed by atoms with Gasteiger partial charge in [0.2, 0.25) is 5.91 Å². The van der Waals surface area contributed by atoms with E-state index in [0.717, 1.165) is 32.6 Å². The molecule has 2 aliphatic rings. The Morgan fingerprint density at radius 3 is 2.77 bits per heavy atom. The van der Waals surface area contributed by atoms with Crippen LogP contribution in [0.2, 0.25) is 0 Å². The number of rotatable bonds is 7. The van der Waals surface area contributed by atoms with Gasteiger partial charge >= 0.3 is 0 Å². The van der Waals surface area contributed by atoms with Gasteiger partial charge in [-0.05, 0) is 43.7 Å². The summed E-state index contributed by atoms with van der Waals surface area (Å²) in [5.74, 6) is 0.834. The molecule has 1 aromatic rings. The molecule has 0 aromatic heterocycles. The second kappa shape index (κ2) is 6.80. The van der Waals surface area contributed by atoms with Crippen molar-refractivity contribution in [3.05, 3.63) is 35.9 Å². The number of carbonyl (C=O) groups excluding carboxylic acids is 1. The monoisotopic (exact) mass is 302 g/mol. The van der Waals surface area contributed by atoms with E-state index in [1.54, 1.807) is 0 Å². The van der Waals surface area contributed by atoms with Crippen LogP contribution >= 0.6 is 0 Å². The zero-order chi connectivity index (χ0) is 15.4. The van der Waals surface area contributed by atoms with Gasteiger partial charge in [0, 0.05) is 26.2 Å². The van der Waals surface area contributed by atoms with Crippen molar-refractivity contribution in [2.24, 2.45) is 11.3 Å². The lowest BCUT2D eigenvalue weighted by atomic mass is 9.82. The number of benzene rings is 1. The van der Waals surface area contributed by atoms with E-state index in [4.69, 9.17) is 0 Å². The van der Waals surface area contributed by atoms with Gasteiger partial charge in [-0.1, -0.05) is 30.3 Å². The van der Waals surface area contributed by atoms with Crippen LogP contribution in [0.1, 0.15) is 31.2 Å². The Labute approximate surface area is 132 Å². The van der Waals surface area contributed by atoms with E-state index in [1.807, 2.05) is 6.07 Å². The van der Waals surface area contributed by atoms with Crippen LogP contribution in [0.25, 0.3) is 0 Å². The van der Waals surface area contributed by atoms with Crippen molar-refractivity contribution in [2.45, 2.75) is 32.2 Å². The first-order valence-corrected chi connectivity index (χ1v) is 8.37. The number of aliphatic hydroxyl groups is 1. The number of aliphatic hydroxyl groups excluding tert-OH is 1. The molecule has 3 rings (SSSR count). The molecule has 1 saturated heterocycles. The molecule has 2 N–H and O–H groups in total. The first kappa shape index (κ1) is 15.5. The molecule has 4 heteroatoms. The number of nitrogens with zero attached hydrogens (tertiary/aromatic N) is 1. The molecule has 120 valence electrons. The Morgan fingerprint density at radius 1 is 1.32 bits per heavy atom. The summed E-state index contributed by atoms with van der Waals surface area (Å²) < 4.78 is 0. The van der Waals surface area contributed by atoms with Crippen LogP contribution in [0.5, 0.6) is 0 Å². The van der Waals surface area contributed by atoms with Crippen LogP contribution in [-0.4, -0.2) is 42.2 Å². The van der Waals surface area contributed by atoms with E-state index in [9.17, 15) is 9.90 Å². The third-order valence-corrected chi connectivity index (χ3v) is 5.00. The quantitative estimate of drug-likeness (QED) is 0.807. The largest absolute Gasteiger partial charge is 0.396 e. The lowest BCUT2D eigenvalue weighted by Gasteiger charge is -2.27. The number of likely N-dealkylation sites (tertiary alicyclic amines) is 1. The molecule has 1 aliphatic heterocycles.